The number of aromatic nitrogens is 2. The van der Waals surface area contributed by atoms with E-state index < -0.39 is 0 Å². The number of nitrogens with one attached hydrogen (secondary N) is 1. The lowest BCUT2D eigenvalue weighted by atomic mass is 9.86. The molecule has 0 spiro atoms. The molecule has 0 aromatic carbocycles. The third-order valence-electron chi connectivity index (χ3n) is 2.59. The Hall–Kier alpha value is -0.940. The van der Waals surface area contributed by atoms with Crippen LogP contribution in [0, 0.1) is 5.41 Å². The molecule has 0 saturated carbocycles. The average molecular weight is 326 g/mol. The van der Waals surface area contributed by atoms with Gasteiger partial charge in [0.25, 0.3) is 0 Å². The number of halogens is 1. The highest BCUT2D eigenvalue weighted by Crippen LogP contribution is 2.37. The van der Waals surface area contributed by atoms with Gasteiger partial charge in [-0.05, 0) is 32.8 Å². The first-order valence-corrected chi connectivity index (χ1v) is 7.41. The van der Waals surface area contributed by atoms with Crippen LogP contribution in [0.25, 0.3) is 0 Å². The normalized spacial score (nSPS) is 13.3. The van der Waals surface area contributed by atoms with Crippen LogP contribution in [0.15, 0.2) is 34.4 Å². The van der Waals surface area contributed by atoms with E-state index in [1.165, 1.54) is 4.88 Å². The molecule has 0 radical (unpaired) electrons. The van der Waals surface area contributed by atoms with E-state index in [2.05, 4.69) is 69.5 Å². The van der Waals surface area contributed by atoms with E-state index in [9.17, 15) is 0 Å². The minimum atomic E-state index is 0.0985. The zero-order valence-corrected chi connectivity index (χ0v) is 13.0. The molecule has 0 saturated heterocycles. The van der Waals surface area contributed by atoms with Crippen LogP contribution in [0.3, 0.4) is 0 Å². The molecule has 0 aliphatic carbocycles. The van der Waals surface area contributed by atoms with Crippen molar-refractivity contribution in [2.45, 2.75) is 26.8 Å². The van der Waals surface area contributed by atoms with Crippen LogP contribution in [0.2, 0.25) is 0 Å². The molecule has 2 heterocycles. The van der Waals surface area contributed by atoms with Crippen molar-refractivity contribution in [3.63, 3.8) is 0 Å². The zero-order valence-electron chi connectivity index (χ0n) is 10.6. The van der Waals surface area contributed by atoms with Crippen LogP contribution in [0.1, 0.15) is 31.7 Å². The molecular weight excluding hydrogens is 310 g/mol. The Kier molecular flexibility index (Phi) is 4.02. The summed E-state index contributed by atoms with van der Waals surface area (Å²) in [5.74, 6) is 0.659. The van der Waals surface area contributed by atoms with Crippen molar-refractivity contribution in [1.82, 2.24) is 9.97 Å². The van der Waals surface area contributed by atoms with Gasteiger partial charge in [-0.1, -0.05) is 26.8 Å². The second-order valence-electron chi connectivity index (χ2n) is 5.18. The quantitative estimate of drug-likeness (QED) is 0.902. The van der Waals surface area contributed by atoms with Gasteiger partial charge in [-0.2, -0.15) is 0 Å². The van der Waals surface area contributed by atoms with E-state index in [4.69, 9.17) is 0 Å². The van der Waals surface area contributed by atoms with Gasteiger partial charge < -0.3 is 5.32 Å². The molecule has 2 aromatic rings. The lowest BCUT2D eigenvalue weighted by molar-refractivity contribution is 0.350. The highest BCUT2D eigenvalue weighted by molar-refractivity contribution is 9.10. The zero-order chi connectivity index (χ0) is 13.2. The maximum absolute atomic E-state index is 4.28. The first-order chi connectivity index (χ1) is 8.47. The lowest BCUT2D eigenvalue weighted by Gasteiger charge is -2.30. The van der Waals surface area contributed by atoms with Crippen molar-refractivity contribution in [3.05, 3.63) is 39.3 Å². The molecule has 1 N–H and O–H groups in total. The van der Waals surface area contributed by atoms with E-state index in [1.807, 2.05) is 0 Å². The van der Waals surface area contributed by atoms with Gasteiger partial charge >= 0.3 is 0 Å². The Morgan fingerprint density at radius 1 is 1.28 bits per heavy atom. The van der Waals surface area contributed by atoms with E-state index >= 15 is 0 Å². The highest BCUT2D eigenvalue weighted by atomic mass is 79.9. The Morgan fingerprint density at radius 3 is 2.44 bits per heavy atom. The monoisotopic (exact) mass is 325 g/mol. The Labute approximate surface area is 120 Å². The summed E-state index contributed by atoms with van der Waals surface area (Å²) in [4.78, 5) is 9.85. The first-order valence-electron chi connectivity index (χ1n) is 5.74. The fourth-order valence-electron chi connectivity index (χ4n) is 1.69. The molecule has 0 amide bonds. The molecule has 1 atom stereocenters. The fraction of sp³-hybridized carbons (Fsp3) is 0.385. The van der Waals surface area contributed by atoms with E-state index in [1.54, 1.807) is 23.7 Å². The summed E-state index contributed by atoms with van der Waals surface area (Å²) in [6, 6.07) is 4.42. The van der Waals surface area contributed by atoms with Crippen molar-refractivity contribution in [1.29, 1.82) is 0 Å². The van der Waals surface area contributed by atoms with Crippen LogP contribution in [-0.2, 0) is 0 Å². The number of hydrogen-bond acceptors (Lipinski definition) is 4. The first kappa shape index (κ1) is 13.5. The molecule has 96 valence electrons. The third-order valence-corrected chi connectivity index (χ3v) is 3.93. The van der Waals surface area contributed by atoms with Crippen LogP contribution in [0.5, 0.6) is 0 Å². The standard InChI is InChI=1S/C13H16BrN3S/c1-13(2,3)11(10-5-4-6-18-10)17-12-15-7-9(14)8-16-12/h4-8,11H,1-3H3,(H,15,16,17). The number of hydrogen-bond donors (Lipinski definition) is 1. The molecule has 0 fully saturated rings. The van der Waals surface area contributed by atoms with Crippen molar-refractivity contribution in [2.24, 2.45) is 5.41 Å². The largest absolute Gasteiger partial charge is 0.346 e. The van der Waals surface area contributed by atoms with Crippen LogP contribution in [-0.4, -0.2) is 9.97 Å². The van der Waals surface area contributed by atoms with E-state index in [0.717, 1.165) is 4.47 Å². The van der Waals surface area contributed by atoms with Crippen molar-refractivity contribution in [2.75, 3.05) is 5.32 Å². The number of thiophene rings is 1. The van der Waals surface area contributed by atoms with Crippen LogP contribution < -0.4 is 5.32 Å². The van der Waals surface area contributed by atoms with Gasteiger partial charge in [-0.15, -0.1) is 11.3 Å². The van der Waals surface area contributed by atoms with Gasteiger partial charge in [0.2, 0.25) is 5.95 Å². The SMILES string of the molecule is CC(C)(C)C(Nc1ncc(Br)cn1)c1cccs1. The topological polar surface area (TPSA) is 37.8 Å². The fourth-order valence-corrected chi connectivity index (χ4v) is 2.91. The van der Waals surface area contributed by atoms with Gasteiger partial charge in [0.05, 0.1) is 10.5 Å². The number of nitrogens with zero attached hydrogens (tertiary/aromatic N) is 2. The molecule has 1 unspecified atom stereocenters. The van der Waals surface area contributed by atoms with Gasteiger partial charge in [0.1, 0.15) is 0 Å². The average Bonchev–Trinajstić information content (AvgIpc) is 2.80. The molecule has 2 aromatic heterocycles. The summed E-state index contributed by atoms with van der Waals surface area (Å²) in [5.41, 5.74) is 0.0985. The van der Waals surface area contributed by atoms with Gasteiger partial charge in [-0.3, -0.25) is 0 Å². The molecule has 5 heteroatoms. The van der Waals surface area contributed by atoms with Crippen LogP contribution >= 0.6 is 27.3 Å². The minimum Gasteiger partial charge on any atom is -0.346 e. The Balaban J connectivity index is 2.24. The van der Waals surface area contributed by atoms with E-state index in [0.29, 0.717) is 5.95 Å². The van der Waals surface area contributed by atoms with Gasteiger partial charge in [0, 0.05) is 17.3 Å². The summed E-state index contributed by atoms with van der Waals surface area (Å²) < 4.78 is 0.886. The van der Waals surface area contributed by atoms with E-state index in [-0.39, 0.29) is 11.5 Å². The minimum absolute atomic E-state index is 0.0985. The second-order valence-corrected chi connectivity index (χ2v) is 7.08. The van der Waals surface area contributed by atoms with Crippen molar-refractivity contribution in [3.8, 4) is 0 Å². The molecule has 0 aliphatic rings. The molecule has 3 nitrogen and oxygen atoms in total. The summed E-state index contributed by atoms with van der Waals surface area (Å²) >= 11 is 5.09. The summed E-state index contributed by atoms with van der Waals surface area (Å²) in [7, 11) is 0. The summed E-state index contributed by atoms with van der Waals surface area (Å²) in [6.45, 7) is 6.63. The van der Waals surface area contributed by atoms with Crippen molar-refractivity contribution < 1.29 is 0 Å². The van der Waals surface area contributed by atoms with Crippen molar-refractivity contribution >= 4 is 33.2 Å². The lowest BCUT2D eigenvalue weighted by Crippen LogP contribution is -2.25. The molecule has 0 aliphatic heterocycles. The predicted molar refractivity (Wildman–Crippen MR) is 79.9 cm³/mol. The maximum Gasteiger partial charge on any atom is 0.223 e. The second kappa shape index (κ2) is 5.36. The highest BCUT2D eigenvalue weighted by Gasteiger charge is 2.27. The molecule has 18 heavy (non-hydrogen) atoms. The smallest absolute Gasteiger partial charge is 0.223 e. The maximum atomic E-state index is 4.28. The Bertz CT molecular complexity index is 488. The van der Waals surface area contributed by atoms with Gasteiger partial charge in [-0.25, -0.2) is 9.97 Å². The predicted octanol–water partition coefficient (Wildman–Crippen LogP) is 4.50. The Morgan fingerprint density at radius 2 is 1.94 bits per heavy atom. The summed E-state index contributed by atoms with van der Waals surface area (Å²) in [5, 5.41) is 5.51. The molecule has 0 bridgehead atoms. The number of anilines is 1. The number of rotatable bonds is 3. The summed E-state index contributed by atoms with van der Waals surface area (Å²) in [6.07, 6.45) is 3.51. The third kappa shape index (κ3) is 3.29. The molecule has 2 rings (SSSR count). The van der Waals surface area contributed by atoms with Gasteiger partial charge in [0.15, 0.2) is 0 Å². The van der Waals surface area contributed by atoms with Crippen LogP contribution in [0.4, 0.5) is 5.95 Å². The molecular formula is C13H16BrN3S.